The van der Waals surface area contributed by atoms with Gasteiger partial charge in [0.15, 0.2) is 0 Å². The lowest BCUT2D eigenvalue weighted by molar-refractivity contribution is -0.200. The van der Waals surface area contributed by atoms with Gasteiger partial charge in [0.1, 0.15) is 11.2 Å². The van der Waals surface area contributed by atoms with Crippen LogP contribution in [0.5, 0.6) is 0 Å². The predicted octanol–water partition coefficient (Wildman–Crippen LogP) is 5.31. The van der Waals surface area contributed by atoms with E-state index in [2.05, 4.69) is 0 Å². The molecule has 3 amide bonds. The lowest BCUT2D eigenvalue weighted by atomic mass is 10.1. The van der Waals surface area contributed by atoms with Crippen LogP contribution in [0.15, 0.2) is 60.7 Å². The van der Waals surface area contributed by atoms with Crippen molar-refractivity contribution >= 4 is 24.1 Å². The van der Waals surface area contributed by atoms with Gasteiger partial charge < -0.3 is 14.3 Å². The number of hydroxylamine groups is 2. The minimum atomic E-state index is -0.921. The lowest BCUT2D eigenvalue weighted by Crippen LogP contribution is -2.50. The SMILES string of the molecule is CC(=O)ON1C(=O)[C@H](N(Cc2ccccc2)Cc2ccccc2)C[C@H]1CN(C(=O)OC(C)(C)C)C(=O)OC(C)(C)C. The summed E-state index contributed by atoms with van der Waals surface area (Å²) < 4.78 is 11.0. The predicted molar refractivity (Wildman–Crippen MR) is 152 cm³/mol. The molecular formula is C31H41N3O7. The second-order valence-electron chi connectivity index (χ2n) is 12.1. The first-order valence-electron chi connectivity index (χ1n) is 13.7. The molecule has 1 heterocycles. The molecule has 41 heavy (non-hydrogen) atoms. The number of hydrogen-bond donors (Lipinski definition) is 0. The Morgan fingerprint density at radius 1 is 0.805 bits per heavy atom. The van der Waals surface area contributed by atoms with Crippen molar-refractivity contribution < 1.29 is 33.5 Å². The van der Waals surface area contributed by atoms with E-state index in [0.29, 0.717) is 13.1 Å². The van der Waals surface area contributed by atoms with Gasteiger partial charge in [-0.3, -0.25) is 14.5 Å². The third-order valence-corrected chi connectivity index (χ3v) is 6.07. The Kier molecular flexibility index (Phi) is 10.1. The molecule has 10 nitrogen and oxygen atoms in total. The fourth-order valence-electron chi connectivity index (χ4n) is 4.47. The number of imide groups is 1. The molecule has 0 bridgehead atoms. The molecule has 0 saturated carbocycles. The molecule has 1 fully saturated rings. The van der Waals surface area contributed by atoms with Gasteiger partial charge in [-0.05, 0) is 59.1 Å². The Balaban J connectivity index is 1.95. The van der Waals surface area contributed by atoms with Gasteiger partial charge >= 0.3 is 18.2 Å². The van der Waals surface area contributed by atoms with Gasteiger partial charge in [-0.15, -0.1) is 0 Å². The van der Waals surface area contributed by atoms with Crippen LogP contribution in [0.4, 0.5) is 9.59 Å². The van der Waals surface area contributed by atoms with Crippen LogP contribution in [0.2, 0.25) is 0 Å². The highest BCUT2D eigenvalue weighted by molar-refractivity contribution is 5.89. The number of amides is 3. The minimum Gasteiger partial charge on any atom is -0.443 e. The maximum Gasteiger partial charge on any atom is 0.419 e. The molecule has 0 radical (unpaired) electrons. The zero-order valence-electron chi connectivity index (χ0n) is 25.0. The standard InChI is InChI=1S/C31H41N3O7/c1-22(35)41-34-25(21-33(28(37)39-30(2,3)4)29(38)40-31(5,6)7)18-26(27(34)36)32(19-23-14-10-8-11-15-23)20-24-16-12-9-13-17-24/h8-17,25-26H,18-21H2,1-7H3/t25-,26+/m0/s1. The van der Waals surface area contributed by atoms with Crippen molar-refractivity contribution in [2.45, 2.75) is 91.3 Å². The van der Waals surface area contributed by atoms with Gasteiger partial charge in [0, 0.05) is 20.0 Å². The summed E-state index contributed by atoms with van der Waals surface area (Å²) in [5, 5.41) is 0.984. The van der Waals surface area contributed by atoms with E-state index < -0.39 is 47.3 Å². The molecule has 1 aliphatic heterocycles. The Morgan fingerprint density at radius 3 is 1.63 bits per heavy atom. The maximum atomic E-state index is 13.8. The van der Waals surface area contributed by atoms with E-state index in [0.717, 1.165) is 21.1 Å². The second-order valence-corrected chi connectivity index (χ2v) is 12.1. The van der Waals surface area contributed by atoms with Gasteiger partial charge in [0.05, 0.1) is 18.6 Å². The molecule has 1 saturated heterocycles. The zero-order valence-corrected chi connectivity index (χ0v) is 25.0. The van der Waals surface area contributed by atoms with Gasteiger partial charge in [0.25, 0.3) is 5.91 Å². The van der Waals surface area contributed by atoms with Crippen LogP contribution in [-0.4, -0.2) is 68.8 Å². The van der Waals surface area contributed by atoms with Crippen LogP contribution in [0, 0.1) is 0 Å². The summed E-state index contributed by atoms with van der Waals surface area (Å²) in [5.41, 5.74) is 0.234. The average molecular weight is 568 g/mol. The van der Waals surface area contributed by atoms with Gasteiger partial charge in [-0.1, -0.05) is 60.7 Å². The van der Waals surface area contributed by atoms with E-state index in [1.165, 1.54) is 6.92 Å². The van der Waals surface area contributed by atoms with E-state index in [4.69, 9.17) is 14.3 Å². The maximum absolute atomic E-state index is 13.8. The van der Waals surface area contributed by atoms with Crippen LogP contribution >= 0.6 is 0 Å². The van der Waals surface area contributed by atoms with Crippen molar-refractivity contribution in [2.24, 2.45) is 0 Å². The molecule has 3 rings (SSSR count). The first kappa shape index (κ1) is 31.6. The number of carbonyl (C=O) groups is 4. The van der Waals surface area contributed by atoms with Crippen LogP contribution in [-0.2, 0) is 37.0 Å². The van der Waals surface area contributed by atoms with E-state index in [-0.39, 0.29) is 13.0 Å². The summed E-state index contributed by atoms with van der Waals surface area (Å²) >= 11 is 0. The summed E-state index contributed by atoms with van der Waals surface area (Å²) in [6.07, 6.45) is -1.65. The first-order chi connectivity index (χ1) is 19.1. The molecule has 2 atom stereocenters. The molecule has 0 spiro atoms. The Bertz CT molecular complexity index is 1140. The summed E-state index contributed by atoms with van der Waals surface area (Å²) in [6.45, 7) is 11.9. The molecule has 222 valence electrons. The molecule has 0 aliphatic carbocycles. The summed E-state index contributed by atoms with van der Waals surface area (Å²) in [7, 11) is 0. The molecule has 10 heteroatoms. The summed E-state index contributed by atoms with van der Waals surface area (Å²) in [6, 6.07) is 18.0. The highest BCUT2D eigenvalue weighted by Gasteiger charge is 2.47. The quantitative estimate of drug-likeness (QED) is 0.423. The molecule has 1 aliphatic rings. The van der Waals surface area contributed by atoms with E-state index in [1.807, 2.05) is 65.6 Å². The first-order valence-corrected chi connectivity index (χ1v) is 13.7. The largest absolute Gasteiger partial charge is 0.443 e. The van der Waals surface area contributed by atoms with Gasteiger partial charge in [-0.25, -0.2) is 14.5 Å². The molecule has 0 aromatic heterocycles. The number of benzene rings is 2. The van der Waals surface area contributed by atoms with E-state index >= 15 is 0 Å². The van der Waals surface area contributed by atoms with Crippen molar-refractivity contribution in [2.75, 3.05) is 6.54 Å². The van der Waals surface area contributed by atoms with Crippen LogP contribution in [0.25, 0.3) is 0 Å². The monoisotopic (exact) mass is 567 g/mol. The number of carbonyl (C=O) groups excluding carboxylic acids is 4. The topological polar surface area (TPSA) is 106 Å². The lowest BCUT2D eigenvalue weighted by Gasteiger charge is -2.31. The molecule has 0 unspecified atom stereocenters. The Labute approximate surface area is 242 Å². The van der Waals surface area contributed by atoms with Crippen molar-refractivity contribution in [3.05, 3.63) is 71.8 Å². The average Bonchev–Trinajstić information content (AvgIpc) is 3.15. The minimum absolute atomic E-state index is 0.188. The smallest absolute Gasteiger partial charge is 0.419 e. The van der Waals surface area contributed by atoms with Crippen molar-refractivity contribution in [3.63, 3.8) is 0 Å². The fourth-order valence-corrected chi connectivity index (χ4v) is 4.47. The van der Waals surface area contributed by atoms with Crippen molar-refractivity contribution in [3.8, 4) is 0 Å². The van der Waals surface area contributed by atoms with E-state index in [1.54, 1.807) is 41.5 Å². The third kappa shape index (κ3) is 9.60. The molecular weight excluding hydrogens is 526 g/mol. The highest BCUT2D eigenvalue weighted by Crippen LogP contribution is 2.29. The highest BCUT2D eigenvalue weighted by atomic mass is 16.7. The zero-order chi connectivity index (χ0) is 30.4. The summed E-state index contributed by atoms with van der Waals surface area (Å²) in [5.74, 6) is -1.13. The number of ether oxygens (including phenoxy) is 2. The number of nitrogens with zero attached hydrogens (tertiary/aromatic N) is 3. The van der Waals surface area contributed by atoms with E-state index in [9.17, 15) is 19.2 Å². The van der Waals surface area contributed by atoms with Crippen LogP contribution in [0.1, 0.15) is 66.0 Å². The normalized spacial score (nSPS) is 17.4. The number of rotatable bonds is 8. The number of hydrogen-bond acceptors (Lipinski definition) is 8. The van der Waals surface area contributed by atoms with Crippen molar-refractivity contribution in [1.29, 1.82) is 0 Å². The molecule has 2 aromatic rings. The van der Waals surface area contributed by atoms with Gasteiger partial charge in [0.2, 0.25) is 0 Å². The Hall–Kier alpha value is -3.92. The van der Waals surface area contributed by atoms with Gasteiger partial charge in [-0.2, -0.15) is 5.06 Å². The van der Waals surface area contributed by atoms with Crippen LogP contribution in [0.3, 0.4) is 0 Å². The molecule has 2 aromatic carbocycles. The fraction of sp³-hybridized carbons (Fsp3) is 0.484. The molecule has 0 N–H and O–H groups in total. The third-order valence-electron chi connectivity index (χ3n) is 6.07. The van der Waals surface area contributed by atoms with Crippen molar-refractivity contribution in [1.82, 2.24) is 14.9 Å². The Morgan fingerprint density at radius 2 is 1.24 bits per heavy atom. The summed E-state index contributed by atoms with van der Waals surface area (Å²) in [4.78, 5) is 60.4. The second kappa shape index (κ2) is 13.2. The van der Waals surface area contributed by atoms with Crippen LogP contribution < -0.4 is 0 Å².